The molecule has 2 aromatic heterocycles. The minimum Gasteiger partial charge on any atom is -0.341 e. The summed E-state index contributed by atoms with van der Waals surface area (Å²) in [5.41, 5.74) is -0.462. The highest BCUT2D eigenvalue weighted by atomic mass is 32.2. The Bertz CT molecular complexity index is 1140. The third-order valence-electron chi connectivity index (χ3n) is 6.25. The Balaban J connectivity index is 1.73. The van der Waals surface area contributed by atoms with Crippen LogP contribution in [0.1, 0.15) is 44.4 Å². The number of hydrogen-bond acceptors (Lipinski definition) is 6. The molecule has 2 aliphatic rings. The maximum Gasteiger partial charge on any atom is 0.263 e. The molecule has 2 atom stereocenters. The van der Waals surface area contributed by atoms with Crippen LogP contribution in [0.2, 0.25) is 0 Å². The lowest BCUT2D eigenvalue weighted by atomic mass is 9.94. The first-order valence-electron chi connectivity index (χ1n) is 10.9. The van der Waals surface area contributed by atoms with Gasteiger partial charge in [-0.25, -0.2) is 13.4 Å². The van der Waals surface area contributed by atoms with Crippen LogP contribution in [0.5, 0.6) is 0 Å². The SMILES string of the molecule is Cc1sc2ncn(CC(=O)N3CCCCC3)c(=O)c2c1S(=O)(=O)N1C[C@H](C)C[C@H](C)C1. The Kier molecular flexibility index (Phi) is 6.24. The van der Waals surface area contributed by atoms with Crippen molar-refractivity contribution >= 4 is 37.5 Å². The van der Waals surface area contributed by atoms with Crippen LogP contribution in [0.3, 0.4) is 0 Å². The van der Waals surface area contributed by atoms with Gasteiger partial charge in [0.2, 0.25) is 15.9 Å². The van der Waals surface area contributed by atoms with Crippen LogP contribution in [-0.2, 0) is 21.4 Å². The van der Waals surface area contributed by atoms with Crippen LogP contribution in [-0.4, -0.2) is 59.3 Å². The summed E-state index contributed by atoms with van der Waals surface area (Å²) in [6.07, 6.45) is 5.40. The first-order valence-corrected chi connectivity index (χ1v) is 13.2. The molecule has 8 nitrogen and oxygen atoms in total. The van der Waals surface area contributed by atoms with E-state index in [1.165, 1.54) is 26.5 Å². The Morgan fingerprint density at radius 1 is 1.16 bits per heavy atom. The van der Waals surface area contributed by atoms with E-state index in [1.54, 1.807) is 11.8 Å². The van der Waals surface area contributed by atoms with Crippen molar-refractivity contribution < 1.29 is 13.2 Å². The lowest BCUT2D eigenvalue weighted by Crippen LogP contribution is -2.43. The number of thiophene rings is 1. The summed E-state index contributed by atoms with van der Waals surface area (Å²) in [4.78, 5) is 33.1. The van der Waals surface area contributed by atoms with Gasteiger partial charge in [0.05, 0.1) is 11.7 Å². The highest BCUT2D eigenvalue weighted by molar-refractivity contribution is 7.89. The molecule has 1 amide bonds. The number of sulfonamides is 1. The largest absolute Gasteiger partial charge is 0.341 e. The molecule has 2 saturated heterocycles. The van der Waals surface area contributed by atoms with Crippen molar-refractivity contribution in [2.24, 2.45) is 11.8 Å². The quantitative estimate of drug-likeness (QED) is 0.690. The molecule has 0 saturated carbocycles. The lowest BCUT2D eigenvalue weighted by molar-refractivity contribution is -0.132. The topological polar surface area (TPSA) is 92.6 Å². The maximum atomic E-state index is 13.6. The molecule has 0 bridgehead atoms. The van der Waals surface area contributed by atoms with Gasteiger partial charge in [-0.3, -0.25) is 14.2 Å². The summed E-state index contributed by atoms with van der Waals surface area (Å²) >= 11 is 1.22. The van der Waals surface area contributed by atoms with E-state index in [9.17, 15) is 18.0 Å². The van der Waals surface area contributed by atoms with Crippen LogP contribution >= 0.6 is 11.3 Å². The Morgan fingerprint density at radius 3 is 2.45 bits per heavy atom. The van der Waals surface area contributed by atoms with Gasteiger partial charge in [0.15, 0.2) is 0 Å². The number of hydrogen-bond donors (Lipinski definition) is 0. The van der Waals surface area contributed by atoms with Crippen molar-refractivity contribution in [3.8, 4) is 0 Å². The molecule has 0 aromatic carbocycles. The number of carbonyl (C=O) groups excluding carboxylic acids is 1. The van der Waals surface area contributed by atoms with Gasteiger partial charge in [-0.2, -0.15) is 4.31 Å². The average molecular weight is 467 g/mol. The molecule has 4 rings (SSSR count). The molecule has 0 unspecified atom stereocenters. The summed E-state index contributed by atoms with van der Waals surface area (Å²) in [6.45, 7) is 8.01. The monoisotopic (exact) mass is 466 g/mol. The molecule has 2 aliphatic heterocycles. The number of aryl methyl sites for hydroxylation is 1. The first kappa shape index (κ1) is 22.4. The maximum absolute atomic E-state index is 13.6. The van der Waals surface area contributed by atoms with Crippen LogP contribution in [0.25, 0.3) is 10.2 Å². The molecule has 31 heavy (non-hydrogen) atoms. The highest BCUT2D eigenvalue weighted by Gasteiger charge is 2.36. The molecular weight excluding hydrogens is 436 g/mol. The second kappa shape index (κ2) is 8.63. The van der Waals surface area contributed by atoms with Gasteiger partial charge in [-0.15, -0.1) is 11.3 Å². The van der Waals surface area contributed by atoms with E-state index < -0.39 is 15.6 Å². The van der Waals surface area contributed by atoms with Gasteiger partial charge in [0.1, 0.15) is 16.3 Å². The fraction of sp³-hybridized carbons (Fsp3) is 0.667. The minimum atomic E-state index is -3.83. The minimum absolute atomic E-state index is 0.0612. The summed E-state index contributed by atoms with van der Waals surface area (Å²) in [5, 5.41) is 0.113. The second-order valence-electron chi connectivity index (χ2n) is 9.05. The van der Waals surface area contributed by atoms with Crippen molar-refractivity contribution in [2.75, 3.05) is 26.2 Å². The van der Waals surface area contributed by atoms with Gasteiger partial charge in [0.25, 0.3) is 5.56 Å². The fourth-order valence-electron chi connectivity index (χ4n) is 4.86. The molecule has 4 heterocycles. The lowest BCUT2D eigenvalue weighted by Gasteiger charge is -2.34. The van der Waals surface area contributed by atoms with Crippen LogP contribution in [0.4, 0.5) is 0 Å². The molecule has 0 spiro atoms. The predicted molar refractivity (Wildman–Crippen MR) is 121 cm³/mol. The third kappa shape index (κ3) is 4.29. The standard InChI is InChI=1S/C21H30N4O4S2/c1-14-9-15(2)11-25(10-14)31(28,29)19-16(3)30-20-18(19)21(27)24(13-22-20)12-17(26)23-7-5-4-6-8-23/h13-15H,4-12H2,1-3H3/t14-,15+. The molecule has 0 aliphatic carbocycles. The predicted octanol–water partition coefficient (Wildman–Crippen LogP) is 2.45. The van der Waals surface area contributed by atoms with E-state index >= 15 is 0 Å². The zero-order valence-electron chi connectivity index (χ0n) is 18.3. The van der Waals surface area contributed by atoms with Gasteiger partial charge in [0, 0.05) is 31.1 Å². The molecule has 0 N–H and O–H groups in total. The number of rotatable bonds is 4. The molecular formula is C21H30N4O4S2. The number of fused-ring (bicyclic) bond motifs is 1. The van der Waals surface area contributed by atoms with E-state index in [1.807, 2.05) is 0 Å². The van der Waals surface area contributed by atoms with Crippen molar-refractivity contribution in [3.05, 3.63) is 21.6 Å². The molecule has 2 fully saturated rings. The summed E-state index contributed by atoms with van der Waals surface area (Å²) in [6, 6.07) is 0. The van der Waals surface area contributed by atoms with E-state index in [4.69, 9.17) is 0 Å². The van der Waals surface area contributed by atoms with Crippen molar-refractivity contribution in [3.63, 3.8) is 0 Å². The van der Waals surface area contributed by atoms with Gasteiger partial charge < -0.3 is 4.90 Å². The van der Waals surface area contributed by atoms with Crippen molar-refractivity contribution in [1.29, 1.82) is 0 Å². The van der Waals surface area contributed by atoms with Gasteiger partial charge in [-0.05, 0) is 44.4 Å². The fourth-order valence-corrected chi connectivity index (χ4v) is 8.20. The third-order valence-corrected chi connectivity index (χ3v) is 9.39. The summed E-state index contributed by atoms with van der Waals surface area (Å²) in [7, 11) is -3.83. The van der Waals surface area contributed by atoms with E-state index in [2.05, 4.69) is 18.8 Å². The van der Waals surface area contributed by atoms with Gasteiger partial charge in [-0.1, -0.05) is 13.8 Å². The number of amides is 1. The van der Waals surface area contributed by atoms with E-state index in [0.29, 0.717) is 35.9 Å². The Morgan fingerprint density at radius 2 is 1.81 bits per heavy atom. The zero-order valence-corrected chi connectivity index (χ0v) is 20.0. The van der Waals surface area contributed by atoms with Crippen LogP contribution < -0.4 is 5.56 Å². The highest BCUT2D eigenvalue weighted by Crippen LogP contribution is 2.35. The van der Waals surface area contributed by atoms with E-state index in [0.717, 1.165) is 25.7 Å². The number of piperidine rings is 2. The van der Waals surface area contributed by atoms with Gasteiger partial charge >= 0.3 is 0 Å². The Labute approximate surface area is 186 Å². The number of aromatic nitrogens is 2. The van der Waals surface area contributed by atoms with E-state index in [-0.39, 0.29) is 34.6 Å². The number of likely N-dealkylation sites (tertiary alicyclic amines) is 1. The van der Waals surface area contributed by atoms with Crippen LogP contribution in [0, 0.1) is 18.8 Å². The molecule has 170 valence electrons. The number of carbonyl (C=O) groups is 1. The molecule has 2 aromatic rings. The first-order chi connectivity index (χ1) is 14.7. The van der Waals surface area contributed by atoms with Crippen molar-refractivity contribution in [2.45, 2.75) is 57.9 Å². The Hall–Kier alpha value is -1.78. The average Bonchev–Trinajstić information content (AvgIpc) is 3.07. The van der Waals surface area contributed by atoms with Crippen molar-refractivity contribution in [1.82, 2.24) is 18.8 Å². The molecule has 0 radical (unpaired) electrons. The van der Waals surface area contributed by atoms with Crippen LogP contribution in [0.15, 0.2) is 16.0 Å². The second-order valence-corrected chi connectivity index (χ2v) is 12.1. The molecule has 10 heteroatoms. The summed E-state index contributed by atoms with van der Waals surface area (Å²) < 4.78 is 29.9. The smallest absolute Gasteiger partial charge is 0.263 e. The summed E-state index contributed by atoms with van der Waals surface area (Å²) in [5.74, 6) is 0.402. The zero-order chi connectivity index (χ0) is 22.3. The normalized spacial score (nSPS) is 23.4. The number of nitrogens with zero attached hydrogens (tertiary/aromatic N) is 4.